The molecule has 13 heavy (non-hydrogen) atoms. The lowest BCUT2D eigenvalue weighted by Crippen LogP contribution is -2.48. The van der Waals surface area contributed by atoms with Gasteiger partial charge in [-0.1, -0.05) is 0 Å². The van der Waals surface area contributed by atoms with E-state index in [2.05, 4.69) is 29.2 Å². The van der Waals surface area contributed by atoms with Gasteiger partial charge < -0.3 is 4.90 Å². The lowest BCUT2D eigenvalue weighted by atomic mass is 10.7. The first kappa shape index (κ1) is 10.3. The second-order valence-corrected chi connectivity index (χ2v) is 4.30. The van der Waals surface area contributed by atoms with E-state index in [-0.39, 0.29) is 0 Å². The molecule has 1 rings (SSSR count). The molecule has 1 heterocycles. The molecule has 0 aromatic heterocycles. The number of hydrogen-bond acceptors (Lipinski definition) is 4. The fourth-order valence-electron chi connectivity index (χ4n) is 1.34. The van der Waals surface area contributed by atoms with Crippen LogP contribution in [0.3, 0.4) is 0 Å². The van der Waals surface area contributed by atoms with Gasteiger partial charge in [0.05, 0.1) is 14.1 Å². The topological polar surface area (TPSA) is 22.1 Å². The highest BCUT2D eigenvalue weighted by atomic mass is 15.8. The van der Waals surface area contributed by atoms with Crippen molar-refractivity contribution in [1.82, 2.24) is 14.9 Å². The Bertz CT molecular complexity index is 219. The van der Waals surface area contributed by atoms with Crippen molar-refractivity contribution < 1.29 is 4.59 Å². The fourth-order valence-corrected chi connectivity index (χ4v) is 1.34. The summed E-state index contributed by atoms with van der Waals surface area (Å²) in [5.41, 5.74) is 0. The van der Waals surface area contributed by atoms with E-state index in [0.29, 0.717) is 4.59 Å². The molecule has 5 nitrogen and oxygen atoms in total. The molecule has 0 radical (unpaired) electrons. The lowest BCUT2D eigenvalue weighted by molar-refractivity contribution is -0.899. The standard InChI is InChI=1S/C8H20N5/c1-10(2)8-9-13(5,6)7-12(8)11(3)4/h7H2,1-6H3/q+1. The number of guanidine groups is 1. The predicted molar refractivity (Wildman–Crippen MR) is 53.6 cm³/mol. The minimum absolute atomic E-state index is 0.658. The Morgan fingerprint density at radius 3 is 2.08 bits per heavy atom. The maximum atomic E-state index is 4.59. The third-order valence-corrected chi connectivity index (χ3v) is 1.95. The summed E-state index contributed by atoms with van der Waals surface area (Å²) >= 11 is 0. The molecule has 0 aromatic rings. The molecule has 1 aliphatic rings. The van der Waals surface area contributed by atoms with Gasteiger partial charge in [0, 0.05) is 28.2 Å². The van der Waals surface area contributed by atoms with Crippen LogP contribution >= 0.6 is 0 Å². The van der Waals surface area contributed by atoms with Gasteiger partial charge in [-0.15, -0.1) is 0 Å². The Hall–Kier alpha value is -0.810. The minimum Gasteiger partial charge on any atom is -0.343 e. The molecular formula is C8H20N5+. The van der Waals surface area contributed by atoms with Crippen LogP contribution in [0.25, 0.3) is 0 Å². The van der Waals surface area contributed by atoms with Gasteiger partial charge in [0.25, 0.3) is 5.96 Å². The molecule has 0 fully saturated rings. The van der Waals surface area contributed by atoms with Crippen LogP contribution in [-0.2, 0) is 0 Å². The zero-order chi connectivity index (χ0) is 10.2. The van der Waals surface area contributed by atoms with E-state index in [0.717, 1.165) is 12.6 Å². The molecule has 0 spiro atoms. The van der Waals surface area contributed by atoms with Crippen molar-refractivity contribution >= 4 is 5.96 Å². The zero-order valence-corrected chi connectivity index (χ0v) is 9.44. The van der Waals surface area contributed by atoms with Gasteiger partial charge in [-0.25, -0.2) is 10.0 Å². The van der Waals surface area contributed by atoms with Crippen molar-refractivity contribution in [3.63, 3.8) is 0 Å². The van der Waals surface area contributed by atoms with E-state index in [9.17, 15) is 0 Å². The first-order valence-corrected chi connectivity index (χ1v) is 4.39. The van der Waals surface area contributed by atoms with Crippen molar-refractivity contribution in [2.45, 2.75) is 0 Å². The largest absolute Gasteiger partial charge is 0.343 e. The maximum absolute atomic E-state index is 4.59. The van der Waals surface area contributed by atoms with Gasteiger partial charge in [0.15, 0.2) is 6.67 Å². The average molecular weight is 186 g/mol. The first-order chi connectivity index (χ1) is 5.83. The van der Waals surface area contributed by atoms with E-state index >= 15 is 0 Å². The third-order valence-electron chi connectivity index (χ3n) is 1.95. The number of hydrogen-bond donors (Lipinski definition) is 0. The van der Waals surface area contributed by atoms with E-state index in [1.54, 1.807) is 0 Å². The fraction of sp³-hybridized carbons (Fsp3) is 0.875. The van der Waals surface area contributed by atoms with Gasteiger partial charge in [0.1, 0.15) is 0 Å². The number of nitrogens with zero attached hydrogens (tertiary/aromatic N) is 5. The third kappa shape index (κ3) is 2.10. The highest BCUT2D eigenvalue weighted by Gasteiger charge is 2.34. The molecule has 76 valence electrons. The van der Waals surface area contributed by atoms with E-state index in [1.165, 1.54) is 0 Å². The number of quaternary nitrogens is 1. The molecule has 0 atom stereocenters. The van der Waals surface area contributed by atoms with Crippen molar-refractivity contribution in [3.05, 3.63) is 0 Å². The molecule has 5 heteroatoms. The molecule has 0 aliphatic carbocycles. The minimum atomic E-state index is 0.658. The van der Waals surface area contributed by atoms with Crippen molar-refractivity contribution in [1.29, 1.82) is 0 Å². The highest BCUT2D eigenvalue weighted by Crippen LogP contribution is 2.14. The second kappa shape index (κ2) is 3.16. The van der Waals surface area contributed by atoms with Crippen LogP contribution in [0.4, 0.5) is 0 Å². The van der Waals surface area contributed by atoms with Crippen molar-refractivity contribution in [2.24, 2.45) is 5.10 Å². The van der Waals surface area contributed by atoms with Gasteiger partial charge in [-0.05, 0) is 5.10 Å². The van der Waals surface area contributed by atoms with Crippen LogP contribution in [0.2, 0.25) is 0 Å². The van der Waals surface area contributed by atoms with Gasteiger partial charge in [-0.2, -0.15) is 4.59 Å². The van der Waals surface area contributed by atoms with Crippen LogP contribution in [0.1, 0.15) is 0 Å². The van der Waals surface area contributed by atoms with Crippen LogP contribution in [0.5, 0.6) is 0 Å². The molecule has 0 aromatic carbocycles. The maximum Gasteiger partial charge on any atom is 0.274 e. The smallest absolute Gasteiger partial charge is 0.274 e. The zero-order valence-electron chi connectivity index (χ0n) is 9.44. The summed E-state index contributed by atoms with van der Waals surface area (Å²) in [5, 5.41) is 8.80. The summed E-state index contributed by atoms with van der Waals surface area (Å²) in [6.45, 7) is 0.889. The Morgan fingerprint density at radius 1 is 1.23 bits per heavy atom. The summed E-state index contributed by atoms with van der Waals surface area (Å²) in [4.78, 5) is 2.03. The van der Waals surface area contributed by atoms with Crippen LogP contribution in [0.15, 0.2) is 5.10 Å². The normalized spacial score (nSPS) is 20.8. The SMILES string of the molecule is CN(C)C1=N[N+](C)(C)CN1N(C)C. The molecule has 0 unspecified atom stereocenters. The monoisotopic (exact) mass is 186 g/mol. The van der Waals surface area contributed by atoms with E-state index in [4.69, 9.17) is 0 Å². The Labute approximate surface area is 80.4 Å². The van der Waals surface area contributed by atoms with Crippen LogP contribution in [-0.4, -0.2) is 74.4 Å². The molecule has 0 amide bonds. The Balaban J connectivity index is 2.86. The summed E-state index contributed by atoms with van der Waals surface area (Å²) in [7, 11) is 12.3. The van der Waals surface area contributed by atoms with Gasteiger partial charge >= 0.3 is 0 Å². The van der Waals surface area contributed by atoms with E-state index < -0.39 is 0 Å². The first-order valence-electron chi connectivity index (χ1n) is 4.39. The number of hydrazine groups is 1. The van der Waals surface area contributed by atoms with Gasteiger partial charge in [-0.3, -0.25) is 0 Å². The van der Waals surface area contributed by atoms with Gasteiger partial charge in [0.2, 0.25) is 0 Å². The summed E-state index contributed by atoms with van der Waals surface area (Å²) in [5.74, 6) is 1.01. The second-order valence-electron chi connectivity index (χ2n) is 4.30. The van der Waals surface area contributed by atoms with Crippen LogP contribution < -0.4 is 0 Å². The predicted octanol–water partition coefficient (Wildman–Crippen LogP) is -0.355. The Morgan fingerprint density at radius 2 is 1.77 bits per heavy atom. The molecule has 0 N–H and O–H groups in total. The summed E-state index contributed by atoms with van der Waals surface area (Å²) < 4.78 is 0.658. The van der Waals surface area contributed by atoms with Crippen molar-refractivity contribution in [2.75, 3.05) is 49.0 Å². The highest BCUT2D eigenvalue weighted by molar-refractivity contribution is 5.79. The van der Waals surface area contributed by atoms with Crippen LogP contribution in [0, 0.1) is 0 Å². The molecule has 0 bridgehead atoms. The lowest BCUT2D eigenvalue weighted by Gasteiger charge is -2.28. The molecule has 0 saturated heterocycles. The molecule has 1 aliphatic heterocycles. The summed E-state index contributed by atoms with van der Waals surface area (Å²) in [6.07, 6.45) is 0. The Kier molecular flexibility index (Phi) is 2.49. The number of rotatable bonds is 1. The molecular weight excluding hydrogens is 166 g/mol. The van der Waals surface area contributed by atoms with Crippen molar-refractivity contribution in [3.8, 4) is 0 Å². The molecule has 0 saturated carbocycles. The average Bonchev–Trinajstić information content (AvgIpc) is 2.26. The van der Waals surface area contributed by atoms with E-state index in [1.807, 2.05) is 33.1 Å². The summed E-state index contributed by atoms with van der Waals surface area (Å²) in [6, 6.07) is 0. The quantitative estimate of drug-likeness (QED) is 0.522.